The van der Waals surface area contributed by atoms with E-state index in [2.05, 4.69) is 58.3 Å². The average molecular weight is 294 g/mol. The first-order valence-electron chi connectivity index (χ1n) is 5.90. The first-order valence-corrected chi connectivity index (χ1v) is 6.82. The average Bonchev–Trinajstić information content (AvgIpc) is 2.87. The van der Waals surface area contributed by atoms with Crippen molar-refractivity contribution < 1.29 is 0 Å². The van der Waals surface area contributed by atoms with Crippen LogP contribution in [0.2, 0.25) is 0 Å². The number of nitrogens with zero attached hydrogens (tertiary/aromatic N) is 3. The molecule has 0 saturated carbocycles. The van der Waals surface area contributed by atoms with Crippen LogP contribution in [0.1, 0.15) is 36.4 Å². The maximum atomic E-state index is 4.20. The predicted octanol–water partition coefficient (Wildman–Crippen LogP) is 3.68. The summed E-state index contributed by atoms with van der Waals surface area (Å²) in [6, 6.07) is 8.29. The summed E-state index contributed by atoms with van der Waals surface area (Å²) in [7, 11) is 0. The summed E-state index contributed by atoms with van der Waals surface area (Å²) in [4.78, 5) is 0.282. The van der Waals surface area contributed by atoms with Crippen LogP contribution in [0, 0.1) is 0 Å². The Morgan fingerprint density at radius 2 is 2.06 bits per heavy atom. The van der Waals surface area contributed by atoms with Gasteiger partial charge >= 0.3 is 0 Å². The van der Waals surface area contributed by atoms with E-state index in [0.717, 1.165) is 24.2 Å². The maximum Gasteiger partial charge on any atom is 0.0967 e. The number of halogens is 1. The van der Waals surface area contributed by atoms with Gasteiger partial charge in [-0.1, -0.05) is 53.2 Å². The molecule has 0 bridgehead atoms. The molecule has 2 aromatic rings. The standard InChI is InChI=1S/C13H16BrN3/c1-3-10-7-5-6-8-13(10)17-9-12(15-16-17)11(14)4-2/h5-9,11H,3-4H2,1-2H3. The lowest BCUT2D eigenvalue weighted by Crippen LogP contribution is -1.99. The van der Waals surface area contributed by atoms with Crippen molar-refractivity contribution in [2.75, 3.05) is 0 Å². The first-order chi connectivity index (χ1) is 8.26. The lowest BCUT2D eigenvalue weighted by molar-refractivity contribution is 0.783. The highest BCUT2D eigenvalue weighted by Crippen LogP contribution is 2.24. The Balaban J connectivity index is 2.37. The van der Waals surface area contributed by atoms with E-state index < -0.39 is 0 Å². The highest BCUT2D eigenvalue weighted by Gasteiger charge is 2.11. The minimum absolute atomic E-state index is 0.282. The second kappa shape index (κ2) is 5.45. The maximum absolute atomic E-state index is 4.20. The molecule has 4 heteroatoms. The molecule has 0 radical (unpaired) electrons. The van der Waals surface area contributed by atoms with Crippen LogP contribution in [-0.2, 0) is 6.42 Å². The second-order valence-electron chi connectivity index (χ2n) is 3.95. The summed E-state index contributed by atoms with van der Waals surface area (Å²) >= 11 is 3.59. The normalized spacial score (nSPS) is 12.6. The molecule has 0 spiro atoms. The predicted molar refractivity (Wildman–Crippen MR) is 72.7 cm³/mol. The zero-order valence-corrected chi connectivity index (χ0v) is 11.7. The Hall–Kier alpha value is -1.16. The minimum atomic E-state index is 0.282. The van der Waals surface area contributed by atoms with Gasteiger partial charge in [0.25, 0.3) is 0 Å². The number of hydrogen-bond donors (Lipinski definition) is 0. The molecule has 0 aliphatic carbocycles. The summed E-state index contributed by atoms with van der Waals surface area (Å²) < 4.78 is 1.86. The Kier molecular flexibility index (Phi) is 3.94. The molecule has 1 aromatic carbocycles. The highest BCUT2D eigenvalue weighted by atomic mass is 79.9. The molecule has 0 aliphatic rings. The van der Waals surface area contributed by atoms with Crippen LogP contribution in [0.5, 0.6) is 0 Å². The molecule has 90 valence electrons. The molecule has 2 rings (SSSR count). The third-order valence-corrected chi connectivity index (χ3v) is 3.93. The van der Waals surface area contributed by atoms with Crippen molar-refractivity contribution in [2.45, 2.75) is 31.5 Å². The molecule has 0 N–H and O–H groups in total. The molecule has 0 fully saturated rings. The van der Waals surface area contributed by atoms with Gasteiger partial charge in [0.2, 0.25) is 0 Å². The number of hydrogen-bond acceptors (Lipinski definition) is 2. The van der Waals surface area contributed by atoms with Gasteiger partial charge in [-0.05, 0) is 24.5 Å². The van der Waals surface area contributed by atoms with Crippen molar-refractivity contribution in [3.8, 4) is 5.69 Å². The second-order valence-corrected chi connectivity index (χ2v) is 5.05. The number of benzene rings is 1. The van der Waals surface area contributed by atoms with Gasteiger partial charge in [-0.2, -0.15) is 0 Å². The van der Waals surface area contributed by atoms with Crippen LogP contribution in [0.25, 0.3) is 5.69 Å². The number of alkyl halides is 1. The fraction of sp³-hybridized carbons (Fsp3) is 0.385. The molecule has 0 saturated heterocycles. The third kappa shape index (κ3) is 2.57. The summed E-state index contributed by atoms with van der Waals surface area (Å²) in [5.41, 5.74) is 3.38. The summed E-state index contributed by atoms with van der Waals surface area (Å²) in [6.45, 7) is 4.27. The van der Waals surface area contributed by atoms with Gasteiger partial charge < -0.3 is 0 Å². The molecule has 0 aliphatic heterocycles. The molecule has 1 aromatic heterocycles. The van der Waals surface area contributed by atoms with Crippen LogP contribution in [-0.4, -0.2) is 15.0 Å². The van der Waals surface area contributed by atoms with Gasteiger partial charge in [0.05, 0.1) is 22.4 Å². The fourth-order valence-corrected chi connectivity index (χ4v) is 1.99. The van der Waals surface area contributed by atoms with E-state index >= 15 is 0 Å². The molecule has 1 unspecified atom stereocenters. The van der Waals surface area contributed by atoms with Gasteiger partial charge in [0.1, 0.15) is 0 Å². The molecule has 17 heavy (non-hydrogen) atoms. The topological polar surface area (TPSA) is 30.7 Å². The van der Waals surface area contributed by atoms with Crippen LogP contribution in [0.4, 0.5) is 0 Å². The lowest BCUT2D eigenvalue weighted by atomic mass is 10.1. The Morgan fingerprint density at radius 3 is 2.76 bits per heavy atom. The van der Waals surface area contributed by atoms with E-state index in [4.69, 9.17) is 0 Å². The number of para-hydroxylation sites is 1. The largest absolute Gasteiger partial charge is 0.220 e. The van der Waals surface area contributed by atoms with Crippen LogP contribution in [0.3, 0.4) is 0 Å². The highest BCUT2D eigenvalue weighted by molar-refractivity contribution is 9.09. The summed E-state index contributed by atoms with van der Waals surface area (Å²) in [5, 5.41) is 8.41. The van der Waals surface area contributed by atoms with Crippen molar-refractivity contribution in [1.82, 2.24) is 15.0 Å². The zero-order valence-electron chi connectivity index (χ0n) is 10.1. The van der Waals surface area contributed by atoms with Crippen LogP contribution < -0.4 is 0 Å². The van der Waals surface area contributed by atoms with Gasteiger partial charge in [0.15, 0.2) is 0 Å². The molecule has 1 heterocycles. The number of rotatable bonds is 4. The minimum Gasteiger partial charge on any atom is -0.220 e. The quantitative estimate of drug-likeness (QED) is 0.805. The molecule has 1 atom stereocenters. The van der Waals surface area contributed by atoms with Crippen LogP contribution >= 0.6 is 15.9 Å². The van der Waals surface area contributed by atoms with E-state index in [1.807, 2.05) is 16.9 Å². The summed E-state index contributed by atoms with van der Waals surface area (Å²) in [6.07, 6.45) is 4.00. The molecule has 0 amide bonds. The Bertz CT molecular complexity index is 493. The van der Waals surface area contributed by atoms with E-state index in [0.29, 0.717) is 0 Å². The smallest absolute Gasteiger partial charge is 0.0967 e. The van der Waals surface area contributed by atoms with E-state index in [1.54, 1.807) is 0 Å². The van der Waals surface area contributed by atoms with E-state index in [1.165, 1.54) is 5.56 Å². The Labute approximate surface area is 110 Å². The van der Waals surface area contributed by atoms with Crippen molar-refractivity contribution in [3.63, 3.8) is 0 Å². The molecule has 3 nitrogen and oxygen atoms in total. The van der Waals surface area contributed by atoms with Gasteiger partial charge in [0, 0.05) is 0 Å². The lowest BCUT2D eigenvalue weighted by Gasteiger charge is -2.06. The van der Waals surface area contributed by atoms with Gasteiger partial charge in [-0.15, -0.1) is 5.10 Å². The number of aromatic nitrogens is 3. The monoisotopic (exact) mass is 293 g/mol. The van der Waals surface area contributed by atoms with E-state index in [9.17, 15) is 0 Å². The van der Waals surface area contributed by atoms with Crippen molar-refractivity contribution >= 4 is 15.9 Å². The number of aryl methyl sites for hydroxylation is 1. The van der Waals surface area contributed by atoms with Gasteiger partial charge in [-0.25, -0.2) is 4.68 Å². The van der Waals surface area contributed by atoms with Gasteiger partial charge in [-0.3, -0.25) is 0 Å². The third-order valence-electron chi connectivity index (χ3n) is 2.81. The summed E-state index contributed by atoms with van der Waals surface area (Å²) in [5.74, 6) is 0. The van der Waals surface area contributed by atoms with Crippen LogP contribution in [0.15, 0.2) is 30.5 Å². The van der Waals surface area contributed by atoms with Crippen molar-refractivity contribution in [2.24, 2.45) is 0 Å². The molecular formula is C13H16BrN3. The fourth-order valence-electron chi connectivity index (χ4n) is 1.78. The van der Waals surface area contributed by atoms with Crippen molar-refractivity contribution in [1.29, 1.82) is 0 Å². The van der Waals surface area contributed by atoms with Crippen molar-refractivity contribution in [3.05, 3.63) is 41.7 Å². The zero-order chi connectivity index (χ0) is 12.3. The molecular weight excluding hydrogens is 278 g/mol. The Morgan fingerprint density at radius 1 is 1.29 bits per heavy atom. The van der Waals surface area contributed by atoms with E-state index in [-0.39, 0.29) is 4.83 Å². The first kappa shape index (κ1) is 12.3. The SMILES string of the molecule is CCc1ccccc1-n1cc(C(Br)CC)nn1.